The number of nitrogens with zero attached hydrogens (tertiary/aromatic N) is 3. The molecule has 4 heterocycles. The van der Waals surface area contributed by atoms with Gasteiger partial charge in [-0.1, -0.05) is 48.5 Å². The van der Waals surface area contributed by atoms with E-state index in [1.165, 1.54) is 5.39 Å². The Morgan fingerprint density at radius 2 is 1.22 bits per heavy atom. The molecule has 8 rings (SSSR count). The van der Waals surface area contributed by atoms with Crippen LogP contribution < -0.4 is 4.90 Å². The number of rotatable bonds is 3. The van der Waals surface area contributed by atoms with Crippen molar-refractivity contribution in [2.24, 2.45) is 0 Å². The summed E-state index contributed by atoms with van der Waals surface area (Å²) in [4.78, 5) is 11.4. The summed E-state index contributed by atoms with van der Waals surface area (Å²) < 4.78 is 12.5. The first-order valence-corrected chi connectivity index (χ1v) is 12.2. The molecule has 37 heavy (non-hydrogen) atoms. The van der Waals surface area contributed by atoms with Crippen molar-refractivity contribution in [2.75, 3.05) is 4.90 Å². The molecule has 0 unspecified atom stereocenters. The minimum Gasteiger partial charge on any atom is -0.456 e. The fourth-order valence-corrected chi connectivity index (χ4v) is 5.44. The van der Waals surface area contributed by atoms with Gasteiger partial charge in [-0.2, -0.15) is 0 Å². The van der Waals surface area contributed by atoms with Gasteiger partial charge in [-0.3, -0.25) is 9.97 Å². The average molecular weight is 478 g/mol. The van der Waals surface area contributed by atoms with Gasteiger partial charge in [0.2, 0.25) is 0 Å². The van der Waals surface area contributed by atoms with Crippen LogP contribution in [0.15, 0.2) is 124 Å². The zero-order chi connectivity index (χ0) is 24.3. The topological polar surface area (TPSA) is 55.3 Å². The van der Waals surface area contributed by atoms with Crippen molar-refractivity contribution in [1.82, 2.24) is 9.97 Å². The van der Waals surface area contributed by atoms with E-state index in [9.17, 15) is 0 Å². The lowest BCUT2D eigenvalue weighted by Crippen LogP contribution is -2.11. The number of fused-ring (bicyclic) bond motifs is 7. The number of aromatic nitrogens is 2. The van der Waals surface area contributed by atoms with Crippen molar-refractivity contribution in [3.63, 3.8) is 0 Å². The molecule has 0 spiro atoms. The molecule has 0 aliphatic heterocycles. The van der Waals surface area contributed by atoms with Crippen LogP contribution in [0.5, 0.6) is 0 Å². The summed E-state index contributed by atoms with van der Waals surface area (Å²) >= 11 is 0. The number of anilines is 3. The van der Waals surface area contributed by atoms with Gasteiger partial charge in [0, 0.05) is 29.4 Å². The van der Waals surface area contributed by atoms with Gasteiger partial charge in [0.25, 0.3) is 0 Å². The molecule has 0 aliphatic rings. The average Bonchev–Trinajstić information content (AvgIpc) is 3.52. The van der Waals surface area contributed by atoms with E-state index in [-0.39, 0.29) is 0 Å². The largest absolute Gasteiger partial charge is 0.456 e. The number of pyridine rings is 2. The molecule has 0 fully saturated rings. The molecule has 174 valence electrons. The van der Waals surface area contributed by atoms with Crippen LogP contribution in [-0.4, -0.2) is 9.97 Å². The van der Waals surface area contributed by atoms with E-state index in [0.717, 1.165) is 66.5 Å². The maximum atomic E-state index is 6.25. The van der Waals surface area contributed by atoms with Crippen LogP contribution in [-0.2, 0) is 0 Å². The van der Waals surface area contributed by atoms with Crippen LogP contribution in [0, 0.1) is 0 Å². The zero-order valence-corrected chi connectivity index (χ0v) is 19.6. The van der Waals surface area contributed by atoms with Gasteiger partial charge in [-0.15, -0.1) is 0 Å². The van der Waals surface area contributed by atoms with Crippen molar-refractivity contribution >= 4 is 71.8 Å². The monoisotopic (exact) mass is 477 g/mol. The van der Waals surface area contributed by atoms with Crippen molar-refractivity contribution in [3.8, 4) is 0 Å². The minimum atomic E-state index is 0.763. The molecule has 0 N–H and O–H groups in total. The Bertz CT molecular complexity index is 2000. The van der Waals surface area contributed by atoms with Crippen LogP contribution in [0.2, 0.25) is 0 Å². The number of benzene rings is 4. The van der Waals surface area contributed by atoms with Gasteiger partial charge >= 0.3 is 0 Å². The Morgan fingerprint density at radius 3 is 2.14 bits per heavy atom. The first-order chi connectivity index (χ1) is 18.4. The first kappa shape index (κ1) is 20.1. The normalized spacial score (nSPS) is 11.8. The second-order valence-corrected chi connectivity index (χ2v) is 9.06. The first-order valence-electron chi connectivity index (χ1n) is 12.2. The summed E-state index contributed by atoms with van der Waals surface area (Å²) in [6.07, 6.45) is 5.45. The van der Waals surface area contributed by atoms with Gasteiger partial charge in [0.1, 0.15) is 22.3 Å². The zero-order valence-electron chi connectivity index (χ0n) is 19.6. The van der Waals surface area contributed by atoms with Crippen LogP contribution in [0.4, 0.5) is 17.1 Å². The highest BCUT2D eigenvalue weighted by Crippen LogP contribution is 2.47. The number of hydrogen-bond donors (Lipinski definition) is 0. The summed E-state index contributed by atoms with van der Waals surface area (Å²) in [5, 5.41) is 5.26. The van der Waals surface area contributed by atoms with Crippen molar-refractivity contribution in [1.29, 1.82) is 0 Å². The van der Waals surface area contributed by atoms with Gasteiger partial charge in [-0.25, -0.2) is 0 Å². The van der Waals surface area contributed by atoms with Crippen LogP contribution in [0.3, 0.4) is 0 Å². The second-order valence-electron chi connectivity index (χ2n) is 9.06. The Labute approximate surface area is 211 Å². The Morgan fingerprint density at radius 1 is 0.514 bits per heavy atom. The lowest BCUT2D eigenvalue weighted by molar-refractivity contribution is 0.668. The highest BCUT2D eigenvalue weighted by molar-refractivity contribution is 6.18. The summed E-state index contributed by atoms with van der Waals surface area (Å²) in [7, 11) is 0. The maximum Gasteiger partial charge on any atom is 0.153 e. The Hall–Kier alpha value is -5.16. The molecule has 0 amide bonds. The number of furan rings is 2. The van der Waals surface area contributed by atoms with E-state index >= 15 is 0 Å². The summed E-state index contributed by atoms with van der Waals surface area (Å²) in [6, 6.07) is 33.0. The molecule has 5 heteroatoms. The molecule has 0 bridgehead atoms. The SMILES string of the molecule is c1ccc2c(N(c3cccc4oc5ccncc5c34)c3cccc4oc5cccnc5c34)cccc2c1. The molecule has 0 saturated carbocycles. The smallest absolute Gasteiger partial charge is 0.153 e. The summed E-state index contributed by atoms with van der Waals surface area (Å²) in [5.41, 5.74) is 7.06. The fourth-order valence-electron chi connectivity index (χ4n) is 5.44. The van der Waals surface area contributed by atoms with E-state index in [0.29, 0.717) is 0 Å². The third-order valence-corrected chi connectivity index (χ3v) is 7.00. The third-order valence-electron chi connectivity index (χ3n) is 7.00. The molecule has 0 atom stereocenters. The van der Waals surface area contributed by atoms with Crippen LogP contribution in [0.25, 0.3) is 54.8 Å². The van der Waals surface area contributed by atoms with Gasteiger partial charge in [0.05, 0.1) is 27.8 Å². The predicted molar refractivity (Wildman–Crippen MR) is 149 cm³/mol. The Kier molecular flexibility index (Phi) is 4.16. The van der Waals surface area contributed by atoms with Gasteiger partial charge < -0.3 is 13.7 Å². The van der Waals surface area contributed by atoms with Gasteiger partial charge in [0.15, 0.2) is 5.58 Å². The van der Waals surface area contributed by atoms with E-state index in [1.807, 2.05) is 54.9 Å². The molecule has 4 aromatic heterocycles. The van der Waals surface area contributed by atoms with Crippen molar-refractivity contribution < 1.29 is 8.83 Å². The van der Waals surface area contributed by atoms with Crippen LogP contribution >= 0.6 is 0 Å². The minimum absolute atomic E-state index is 0.763. The molecule has 8 aromatic rings. The fraction of sp³-hybridized carbons (Fsp3) is 0. The highest BCUT2D eigenvalue weighted by atomic mass is 16.3. The van der Waals surface area contributed by atoms with E-state index in [2.05, 4.69) is 64.5 Å². The molecule has 0 aliphatic carbocycles. The van der Waals surface area contributed by atoms with E-state index in [1.54, 1.807) is 6.20 Å². The highest BCUT2D eigenvalue weighted by Gasteiger charge is 2.24. The lowest BCUT2D eigenvalue weighted by Gasteiger charge is -2.28. The second kappa shape index (κ2) is 7.67. The summed E-state index contributed by atoms with van der Waals surface area (Å²) in [6.45, 7) is 0. The quantitative estimate of drug-likeness (QED) is 0.254. The Balaban J connectivity index is 1.55. The molecular weight excluding hydrogens is 458 g/mol. The standard InChI is InChI=1S/C32H19N3O2/c1-2-9-21-20(7-1)8-3-10-23(21)35(24-11-4-13-27-30(24)22-19-33-18-16-26(22)36-27)25-12-5-14-28-31(25)32-29(37-28)15-6-17-34-32/h1-19H. The van der Waals surface area contributed by atoms with Crippen molar-refractivity contribution in [2.45, 2.75) is 0 Å². The lowest BCUT2D eigenvalue weighted by atomic mass is 10.0. The summed E-state index contributed by atoms with van der Waals surface area (Å²) in [5.74, 6) is 0. The van der Waals surface area contributed by atoms with E-state index < -0.39 is 0 Å². The molecule has 4 aromatic carbocycles. The molecular formula is C32H19N3O2. The molecule has 5 nitrogen and oxygen atoms in total. The maximum absolute atomic E-state index is 6.25. The van der Waals surface area contributed by atoms with E-state index in [4.69, 9.17) is 13.8 Å². The van der Waals surface area contributed by atoms with Crippen molar-refractivity contribution in [3.05, 3.63) is 116 Å². The third kappa shape index (κ3) is 2.91. The van der Waals surface area contributed by atoms with Gasteiger partial charge in [-0.05, 0) is 53.9 Å². The number of hydrogen-bond acceptors (Lipinski definition) is 5. The molecule has 0 saturated heterocycles. The molecule has 0 radical (unpaired) electrons. The van der Waals surface area contributed by atoms with Crippen LogP contribution in [0.1, 0.15) is 0 Å². The predicted octanol–water partition coefficient (Wildman–Crippen LogP) is 8.90.